The zero-order valence-corrected chi connectivity index (χ0v) is 11.7. The SMILES string of the molecule is COc1cccc(OC)c1C(=O)NCCC1OCCO1. The first-order valence-corrected chi connectivity index (χ1v) is 6.48. The van der Waals surface area contributed by atoms with Crippen molar-refractivity contribution in [2.75, 3.05) is 34.0 Å². The van der Waals surface area contributed by atoms with E-state index in [0.29, 0.717) is 43.2 Å². The summed E-state index contributed by atoms with van der Waals surface area (Å²) < 4.78 is 21.0. The van der Waals surface area contributed by atoms with E-state index in [0.717, 1.165) is 0 Å². The number of hydrogen-bond donors (Lipinski definition) is 1. The molecular weight excluding hydrogens is 262 g/mol. The van der Waals surface area contributed by atoms with Crippen LogP contribution in [0.2, 0.25) is 0 Å². The maximum Gasteiger partial charge on any atom is 0.258 e. The normalized spacial score (nSPS) is 15.1. The fraction of sp³-hybridized carbons (Fsp3) is 0.500. The third kappa shape index (κ3) is 3.40. The van der Waals surface area contributed by atoms with Crippen LogP contribution in [0, 0.1) is 0 Å². The third-order valence-corrected chi connectivity index (χ3v) is 3.01. The van der Waals surface area contributed by atoms with Gasteiger partial charge in [-0.3, -0.25) is 4.79 Å². The number of carbonyl (C=O) groups is 1. The molecule has 0 aromatic heterocycles. The molecule has 110 valence electrons. The quantitative estimate of drug-likeness (QED) is 0.848. The van der Waals surface area contributed by atoms with E-state index in [1.807, 2.05) is 0 Å². The van der Waals surface area contributed by atoms with Crippen LogP contribution < -0.4 is 14.8 Å². The molecule has 1 aliphatic rings. The van der Waals surface area contributed by atoms with E-state index >= 15 is 0 Å². The van der Waals surface area contributed by atoms with E-state index in [4.69, 9.17) is 18.9 Å². The molecule has 6 heteroatoms. The van der Waals surface area contributed by atoms with Crippen LogP contribution in [0.5, 0.6) is 11.5 Å². The van der Waals surface area contributed by atoms with Crippen molar-refractivity contribution in [3.63, 3.8) is 0 Å². The second-order valence-corrected chi connectivity index (χ2v) is 4.25. The molecule has 20 heavy (non-hydrogen) atoms. The Balaban J connectivity index is 1.97. The van der Waals surface area contributed by atoms with Crippen molar-refractivity contribution in [3.05, 3.63) is 23.8 Å². The Kier molecular flexibility index (Phi) is 5.20. The highest BCUT2D eigenvalue weighted by molar-refractivity contribution is 5.99. The van der Waals surface area contributed by atoms with Crippen LogP contribution >= 0.6 is 0 Å². The van der Waals surface area contributed by atoms with Crippen molar-refractivity contribution < 1.29 is 23.7 Å². The monoisotopic (exact) mass is 281 g/mol. The van der Waals surface area contributed by atoms with Crippen molar-refractivity contribution in [2.45, 2.75) is 12.7 Å². The molecule has 0 radical (unpaired) electrons. The van der Waals surface area contributed by atoms with Gasteiger partial charge in [0.05, 0.1) is 27.4 Å². The highest BCUT2D eigenvalue weighted by atomic mass is 16.7. The van der Waals surface area contributed by atoms with E-state index in [1.165, 1.54) is 14.2 Å². The minimum absolute atomic E-state index is 0.227. The lowest BCUT2D eigenvalue weighted by atomic mass is 10.1. The maximum absolute atomic E-state index is 12.2. The minimum atomic E-state index is -0.239. The zero-order valence-electron chi connectivity index (χ0n) is 11.7. The molecule has 1 aromatic rings. The van der Waals surface area contributed by atoms with Gasteiger partial charge in [0.25, 0.3) is 5.91 Å². The molecule has 1 amide bonds. The van der Waals surface area contributed by atoms with Gasteiger partial charge in [-0.15, -0.1) is 0 Å². The van der Waals surface area contributed by atoms with Crippen LogP contribution in [0.1, 0.15) is 16.8 Å². The molecule has 0 spiro atoms. The molecule has 0 saturated carbocycles. The number of carbonyl (C=O) groups excluding carboxylic acids is 1. The summed E-state index contributed by atoms with van der Waals surface area (Å²) >= 11 is 0. The molecule has 1 N–H and O–H groups in total. The fourth-order valence-electron chi connectivity index (χ4n) is 2.04. The van der Waals surface area contributed by atoms with Gasteiger partial charge in [0, 0.05) is 13.0 Å². The second kappa shape index (κ2) is 7.12. The highest BCUT2D eigenvalue weighted by Crippen LogP contribution is 2.27. The van der Waals surface area contributed by atoms with Crippen LogP contribution in [0.3, 0.4) is 0 Å². The van der Waals surface area contributed by atoms with Crippen LogP contribution in [-0.2, 0) is 9.47 Å². The first-order valence-electron chi connectivity index (χ1n) is 6.48. The molecular formula is C14H19NO5. The fourth-order valence-corrected chi connectivity index (χ4v) is 2.04. The van der Waals surface area contributed by atoms with E-state index < -0.39 is 0 Å². The lowest BCUT2D eigenvalue weighted by molar-refractivity contribution is -0.0455. The van der Waals surface area contributed by atoms with Crippen LogP contribution in [-0.4, -0.2) is 46.2 Å². The lowest BCUT2D eigenvalue weighted by Gasteiger charge is -2.14. The number of ether oxygens (including phenoxy) is 4. The Labute approximate surface area is 118 Å². The predicted octanol–water partition coefficient (Wildman–Crippen LogP) is 1.20. The number of rotatable bonds is 6. The summed E-state index contributed by atoms with van der Waals surface area (Å²) in [4.78, 5) is 12.2. The molecule has 0 atom stereocenters. The molecule has 0 bridgehead atoms. The van der Waals surface area contributed by atoms with Crippen LogP contribution in [0.4, 0.5) is 0 Å². The summed E-state index contributed by atoms with van der Waals surface area (Å²) in [5, 5.41) is 2.82. The standard InChI is InChI=1S/C14H19NO5/c1-17-10-4-3-5-11(18-2)13(10)14(16)15-7-6-12-19-8-9-20-12/h3-5,12H,6-9H2,1-2H3,(H,15,16). The first-order chi connectivity index (χ1) is 9.76. The summed E-state index contributed by atoms with van der Waals surface area (Å²) in [5.41, 5.74) is 0.394. The molecule has 6 nitrogen and oxygen atoms in total. The molecule has 2 rings (SSSR count). The van der Waals surface area contributed by atoms with Crippen molar-refractivity contribution in [2.24, 2.45) is 0 Å². The van der Waals surface area contributed by atoms with Crippen LogP contribution in [0.25, 0.3) is 0 Å². The second-order valence-electron chi connectivity index (χ2n) is 4.25. The number of amides is 1. The molecule has 0 aliphatic carbocycles. The number of methoxy groups -OCH3 is 2. The van der Waals surface area contributed by atoms with Gasteiger partial charge in [-0.05, 0) is 12.1 Å². The molecule has 1 saturated heterocycles. The summed E-state index contributed by atoms with van der Waals surface area (Å²) in [6.07, 6.45) is 0.387. The van der Waals surface area contributed by atoms with Crippen molar-refractivity contribution in [1.82, 2.24) is 5.32 Å². The Morgan fingerprint density at radius 1 is 1.25 bits per heavy atom. The Morgan fingerprint density at radius 3 is 2.40 bits per heavy atom. The van der Waals surface area contributed by atoms with Gasteiger partial charge in [0.2, 0.25) is 0 Å². The van der Waals surface area contributed by atoms with E-state index in [-0.39, 0.29) is 12.2 Å². The number of benzene rings is 1. The topological polar surface area (TPSA) is 66.0 Å². The maximum atomic E-state index is 12.2. The summed E-state index contributed by atoms with van der Waals surface area (Å²) in [6.45, 7) is 1.68. The van der Waals surface area contributed by atoms with Crippen molar-refractivity contribution in [3.8, 4) is 11.5 Å². The zero-order chi connectivity index (χ0) is 14.4. The van der Waals surface area contributed by atoms with Gasteiger partial charge in [0.1, 0.15) is 17.1 Å². The van der Waals surface area contributed by atoms with E-state index in [1.54, 1.807) is 18.2 Å². The largest absolute Gasteiger partial charge is 0.496 e. The third-order valence-electron chi connectivity index (χ3n) is 3.01. The molecule has 1 aliphatic heterocycles. The van der Waals surface area contributed by atoms with Crippen molar-refractivity contribution >= 4 is 5.91 Å². The molecule has 0 unspecified atom stereocenters. The van der Waals surface area contributed by atoms with Gasteiger partial charge < -0.3 is 24.3 Å². The first kappa shape index (κ1) is 14.6. The smallest absolute Gasteiger partial charge is 0.258 e. The number of hydrogen-bond acceptors (Lipinski definition) is 5. The average molecular weight is 281 g/mol. The lowest BCUT2D eigenvalue weighted by Crippen LogP contribution is -2.28. The summed E-state index contributed by atoms with van der Waals surface area (Å²) in [5.74, 6) is 0.725. The molecule has 1 fully saturated rings. The van der Waals surface area contributed by atoms with Crippen LogP contribution in [0.15, 0.2) is 18.2 Å². The van der Waals surface area contributed by atoms with Gasteiger partial charge in [-0.1, -0.05) is 6.07 Å². The van der Waals surface area contributed by atoms with E-state index in [2.05, 4.69) is 5.32 Å². The van der Waals surface area contributed by atoms with Gasteiger partial charge in [0.15, 0.2) is 6.29 Å². The minimum Gasteiger partial charge on any atom is -0.496 e. The summed E-state index contributed by atoms with van der Waals surface area (Å²) in [7, 11) is 3.04. The average Bonchev–Trinajstić information content (AvgIpc) is 2.99. The Bertz CT molecular complexity index is 435. The highest BCUT2D eigenvalue weighted by Gasteiger charge is 2.19. The van der Waals surface area contributed by atoms with Crippen molar-refractivity contribution in [1.29, 1.82) is 0 Å². The summed E-state index contributed by atoms with van der Waals surface area (Å²) in [6, 6.07) is 5.22. The number of nitrogens with one attached hydrogen (secondary N) is 1. The van der Waals surface area contributed by atoms with Gasteiger partial charge >= 0.3 is 0 Å². The predicted molar refractivity (Wildman–Crippen MR) is 72.2 cm³/mol. The van der Waals surface area contributed by atoms with Gasteiger partial charge in [-0.2, -0.15) is 0 Å². The van der Waals surface area contributed by atoms with Gasteiger partial charge in [-0.25, -0.2) is 0 Å². The molecule has 1 heterocycles. The van der Waals surface area contributed by atoms with E-state index in [9.17, 15) is 4.79 Å². The Morgan fingerprint density at radius 2 is 1.85 bits per heavy atom. The molecule has 1 aromatic carbocycles. The Hall–Kier alpha value is -1.79.